The van der Waals surface area contributed by atoms with E-state index in [9.17, 15) is 0 Å². The van der Waals surface area contributed by atoms with Gasteiger partial charge in [-0.05, 0) is 73.3 Å². The van der Waals surface area contributed by atoms with Crippen molar-refractivity contribution in [2.75, 3.05) is 0 Å². The van der Waals surface area contributed by atoms with E-state index in [0.717, 1.165) is 16.7 Å². The van der Waals surface area contributed by atoms with Crippen molar-refractivity contribution in [2.45, 2.75) is 20.8 Å². The van der Waals surface area contributed by atoms with Gasteiger partial charge in [0.1, 0.15) is 0 Å². The van der Waals surface area contributed by atoms with Crippen LogP contribution in [0.3, 0.4) is 0 Å². The third-order valence-corrected chi connectivity index (χ3v) is 3.55. The quantitative estimate of drug-likeness (QED) is 0.613. The van der Waals surface area contributed by atoms with Crippen LogP contribution in [0, 0.1) is 25.5 Å². The van der Waals surface area contributed by atoms with Crippen molar-refractivity contribution in [1.82, 2.24) is 14.6 Å². The summed E-state index contributed by atoms with van der Waals surface area (Å²) in [4.78, 5) is 0. The van der Waals surface area contributed by atoms with Crippen molar-refractivity contribution in [1.29, 1.82) is 0 Å². The second kappa shape index (κ2) is 3.40. The highest BCUT2D eigenvalue weighted by Crippen LogP contribution is 2.23. The van der Waals surface area contributed by atoms with Crippen LogP contribution in [0.5, 0.6) is 0 Å². The number of rotatable bonds is 0. The van der Waals surface area contributed by atoms with Crippen molar-refractivity contribution in [3.05, 3.63) is 39.7 Å². The molecule has 0 unspecified atom stereocenters. The Morgan fingerprint density at radius 1 is 1.06 bits per heavy atom. The number of benzene rings is 1. The molecule has 2 aromatic heterocycles. The van der Waals surface area contributed by atoms with Crippen molar-refractivity contribution < 1.29 is 0 Å². The maximum Gasteiger partial charge on any atom is 0.200 e. The first-order valence-electron chi connectivity index (χ1n) is 5.55. The molecule has 0 bridgehead atoms. The zero-order valence-corrected chi connectivity index (χ0v) is 10.9. The largest absolute Gasteiger partial charge is 0.268 e. The molecular weight excluding hydrogens is 230 g/mol. The Bertz CT molecular complexity index is 796. The molecule has 3 aromatic rings. The van der Waals surface area contributed by atoms with Crippen LogP contribution in [0.15, 0.2) is 18.2 Å². The number of H-pyrrole nitrogens is 1. The number of aromatic nitrogens is 3. The van der Waals surface area contributed by atoms with E-state index in [2.05, 4.69) is 49.2 Å². The maximum absolute atomic E-state index is 5.30. The van der Waals surface area contributed by atoms with E-state index < -0.39 is 0 Å². The predicted molar refractivity (Wildman–Crippen MR) is 72.1 cm³/mol. The Labute approximate surface area is 104 Å². The van der Waals surface area contributed by atoms with E-state index >= 15 is 0 Å². The average Bonchev–Trinajstić information content (AvgIpc) is 2.65. The van der Waals surface area contributed by atoms with Crippen molar-refractivity contribution >= 4 is 28.8 Å². The summed E-state index contributed by atoms with van der Waals surface area (Å²) in [5.74, 6) is 0. The first kappa shape index (κ1) is 10.5. The maximum atomic E-state index is 5.30. The Morgan fingerprint density at radius 3 is 2.47 bits per heavy atom. The molecule has 0 fully saturated rings. The van der Waals surface area contributed by atoms with Crippen LogP contribution in [0.2, 0.25) is 0 Å². The summed E-state index contributed by atoms with van der Waals surface area (Å²) in [6, 6.07) is 6.53. The topological polar surface area (TPSA) is 33.1 Å². The predicted octanol–water partition coefficient (Wildman–Crippen LogP) is 3.47. The number of pyridine rings is 1. The van der Waals surface area contributed by atoms with Crippen LogP contribution >= 0.6 is 12.2 Å². The molecule has 1 aromatic carbocycles. The van der Waals surface area contributed by atoms with Gasteiger partial charge in [0.25, 0.3) is 0 Å². The third kappa shape index (κ3) is 1.41. The third-order valence-electron chi connectivity index (χ3n) is 3.28. The standard InChI is InChI=1S/C13H13N3S/c1-7-4-10-5-9(3)12-14-15-13(17)16(12)11(10)6-8(7)2/h4-6H,1-3H3,(H,15,17). The number of nitrogens with zero attached hydrogens (tertiary/aromatic N) is 2. The lowest BCUT2D eigenvalue weighted by atomic mass is 10.0. The number of nitrogens with one attached hydrogen (secondary N) is 1. The number of hydrogen-bond acceptors (Lipinski definition) is 2. The molecule has 4 heteroatoms. The summed E-state index contributed by atoms with van der Waals surface area (Å²) in [5, 5.41) is 8.33. The van der Waals surface area contributed by atoms with Gasteiger partial charge in [0, 0.05) is 0 Å². The van der Waals surface area contributed by atoms with E-state index in [1.165, 1.54) is 16.5 Å². The van der Waals surface area contributed by atoms with Crippen molar-refractivity contribution in [3.63, 3.8) is 0 Å². The molecule has 0 atom stereocenters. The molecule has 0 aliphatic carbocycles. The van der Waals surface area contributed by atoms with E-state index in [0.29, 0.717) is 4.77 Å². The first-order valence-corrected chi connectivity index (χ1v) is 5.96. The van der Waals surface area contributed by atoms with Gasteiger partial charge in [-0.25, -0.2) is 0 Å². The van der Waals surface area contributed by atoms with Gasteiger partial charge in [0.2, 0.25) is 0 Å². The van der Waals surface area contributed by atoms with Crippen molar-refractivity contribution in [3.8, 4) is 0 Å². The molecule has 0 amide bonds. The number of aromatic amines is 1. The van der Waals surface area contributed by atoms with Crippen molar-refractivity contribution in [2.24, 2.45) is 0 Å². The van der Waals surface area contributed by atoms with Crippen LogP contribution in [0.25, 0.3) is 16.6 Å². The molecule has 86 valence electrons. The summed E-state index contributed by atoms with van der Waals surface area (Å²) in [7, 11) is 0. The van der Waals surface area contributed by atoms with E-state index in [1.54, 1.807) is 0 Å². The molecule has 0 saturated carbocycles. The van der Waals surface area contributed by atoms with Gasteiger partial charge in [-0.3, -0.25) is 9.50 Å². The minimum atomic E-state index is 0.650. The molecule has 3 rings (SSSR count). The molecule has 0 radical (unpaired) electrons. The molecule has 0 aliphatic heterocycles. The lowest BCUT2D eigenvalue weighted by molar-refractivity contribution is 1.08. The van der Waals surface area contributed by atoms with Gasteiger partial charge in [0.05, 0.1) is 5.52 Å². The van der Waals surface area contributed by atoms with Gasteiger partial charge >= 0.3 is 0 Å². The van der Waals surface area contributed by atoms with Crippen LogP contribution in [0.4, 0.5) is 0 Å². The highest BCUT2D eigenvalue weighted by atomic mass is 32.1. The fraction of sp³-hybridized carbons (Fsp3) is 0.231. The van der Waals surface area contributed by atoms with Gasteiger partial charge < -0.3 is 0 Å². The number of hydrogen-bond donors (Lipinski definition) is 1. The zero-order chi connectivity index (χ0) is 12.2. The minimum absolute atomic E-state index is 0.650. The number of aryl methyl sites for hydroxylation is 3. The number of fused-ring (bicyclic) bond motifs is 3. The highest BCUT2D eigenvalue weighted by molar-refractivity contribution is 7.71. The van der Waals surface area contributed by atoms with Crippen LogP contribution < -0.4 is 0 Å². The summed E-state index contributed by atoms with van der Waals surface area (Å²) >= 11 is 5.30. The van der Waals surface area contributed by atoms with Gasteiger partial charge in [-0.2, -0.15) is 5.10 Å². The highest BCUT2D eigenvalue weighted by Gasteiger charge is 2.07. The Balaban J connectivity index is 2.67. The molecule has 2 heterocycles. The molecular formula is C13H13N3S. The molecule has 0 aliphatic rings. The Hall–Kier alpha value is -1.68. The summed E-state index contributed by atoms with van der Waals surface area (Å²) < 4.78 is 2.66. The van der Waals surface area contributed by atoms with E-state index in [-0.39, 0.29) is 0 Å². The summed E-state index contributed by atoms with van der Waals surface area (Å²) in [6.45, 7) is 6.30. The van der Waals surface area contributed by atoms with Gasteiger partial charge in [-0.1, -0.05) is 0 Å². The van der Waals surface area contributed by atoms with Crippen LogP contribution in [-0.2, 0) is 0 Å². The Kier molecular flexibility index (Phi) is 2.10. The summed E-state index contributed by atoms with van der Waals surface area (Å²) in [6.07, 6.45) is 0. The molecule has 0 saturated heterocycles. The van der Waals surface area contributed by atoms with E-state index in [1.807, 2.05) is 4.40 Å². The molecule has 1 N–H and O–H groups in total. The fourth-order valence-electron chi connectivity index (χ4n) is 2.22. The average molecular weight is 243 g/mol. The lowest BCUT2D eigenvalue weighted by Crippen LogP contribution is -1.93. The fourth-order valence-corrected chi connectivity index (χ4v) is 2.45. The zero-order valence-electron chi connectivity index (χ0n) is 10.0. The van der Waals surface area contributed by atoms with Gasteiger partial charge in [-0.15, -0.1) is 0 Å². The minimum Gasteiger partial charge on any atom is -0.268 e. The van der Waals surface area contributed by atoms with Gasteiger partial charge in [0.15, 0.2) is 10.4 Å². The molecule has 17 heavy (non-hydrogen) atoms. The van der Waals surface area contributed by atoms with Crippen LogP contribution in [-0.4, -0.2) is 14.6 Å². The smallest absolute Gasteiger partial charge is 0.200 e. The lowest BCUT2D eigenvalue weighted by Gasteiger charge is -2.07. The van der Waals surface area contributed by atoms with Crippen LogP contribution in [0.1, 0.15) is 16.7 Å². The second-order valence-corrected chi connectivity index (χ2v) is 4.90. The normalized spacial score (nSPS) is 11.5. The van der Waals surface area contributed by atoms with E-state index in [4.69, 9.17) is 12.2 Å². The second-order valence-electron chi connectivity index (χ2n) is 4.51. The summed E-state index contributed by atoms with van der Waals surface area (Å²) in [5.41, 5.74) is 5.73. The monoisotopic (exact) mass is 243 g/mol. The first-order chi connectivity index (χ1) is 8.08. The molecule has 0 spiro atoms. The Morgan fingerprint density at radius 2 is 1.71 bits per heavy atom. The molecule has 3 nitrogen and oxygen atoms in total. The SMILES string of the molecule is Cc1cc2cc(C)c3n[nH]c(=S)n3c2cc1C.